The predicted octanol–water partition coefficient (Wildman–Crippen LogP) is 3.09. The Morgan fingerprint density at radius 1 is 1.24 bits per heavy atom. The number of ether oxygens (including phenoxy) is 1. The topological polar surface area (TPSA) is 71.2 Å². The van der Waals surface area contributed by atoms with E-state index in [1.54, 1.807) is 0 Å². The second kappa shape index (κ2) is 6.04. The van der Waals surface area contributed by atoms with Gasteiger partial charge in [-0.1, -0.05) is 0 Å². The highest BCUT2D eigenvalue weighted by atomic mass is 79.9. The normalized spacial score (nSPS) is 10.3. The fourth-order valence-electron chi connectivity index (χ4n) is 1.60. The molecule has 0 radical (unpaired) electrons. The average Bonchev–Trinajstić information content (AvgIpc) is 2.87. The third-order valence-electron chi connectivity index (χ3n) is 2.60. The average molecular weight is 359 g/mol. The van der Waals surface area contributed by atoms with Gasteiger partial charge < -0.3 is 15.0 Å². The van der Waals surface area contributed by atoms with Gasteiger partial charge in [-0.15, -0.1) is 0 Å². The van der Waals surface area contributed by atoms with Crippen molar-refractivity contribution >= 4 is 33.5 Å². The number of anilines is 1. The molecule has 2 rings (SSSR count). The minimum absolute atomic E-state index is 0.171. The molecule has 2 aromatic rings. The quantitative estimate of drug-likeness (QED) is 0.828. The summed E-state index contributed by atoms with van der Waals surface area (Å²) in [4.78, 5) is 25.9. The molecule has 1 amide bonds. The fourth-order valence-corrected chi connectivity index (χ4v) is 1.94. The van der Waals surface area contributed by atoms with Crippen molar-refractivity contribution in [2.45, 2.75) is 0 Å². The number of hydrogen-bond acceptors (Lipinski definition) is 3. The molecule has 1 aromatic heterocycles. The van der Waals surface area contributed by atoms with Crippen LogP contribution in [0, 0.1) is 11.6 Å². The van der Waals surface area contributed by atoms with Gasteiger partial charge in [0.25, 0.3) is 5.91 Å². The Labute approximate surface area is 126 Å². The van der Waals surface area contributed by atoms with Crippen LogP contribution in [0.3, 0.4) is 0 Å². The summed E-state index contributed by atoms with van der Waals surface area (Å²) < 4.78 is 32.1. The van der Waals surface area contributed by atoms with Crippen molar-refractivity contribution in [3.8, 4) is 0 Å². The second-order valence-corrected chi connectivity index (χ2v) is 4.90. The molecular formula is C13H9BrF2N2O3. The van der Waals surface area contributed by atoms with Gasteiger partial charge >= 0.3 is 5.97 Å². The molecule has 1 heterocycles. The Morgan fingerprint density at radius 2 is 1.95 bits per heavy atom. The Hall–Kier alpha value is -2.22. The third kappa shape index (κ3) is 3.27. The minimum Gasteiger partial charge on any atom is -0.465 e. The van der Waals surface area contributed by atoms with E-state index in [0.29, 0.717) is 10.5 Å². The molecule has 0 aliphatic carbocycles. The molecule has 0 saturated heterocycles. The first-order valence-electron chi connectivity index (χ1n) is 5.65. The molecule has 0 fully saturated rings. The Balaban J connectivity index is 2.31. The highest BCUT2D eigenvalue weighted by molar-refractivity contribution is 9.10. The maximum absolute atomic E-state index is 13.7. The number of carbonyl (C=O) groups is 2. The van der Waals surface area contributed by atoms with Crippen LogP contribution >= 0.6 is 15.9 Å². The number of aromatic amines is 1. The third-order valence-corrected chi connectivity index (χ3v) is 3.06. The van der Waals surface area contributed by atoms with E-state index in [4.69, 9.17) is 0 Å². The van der Waals surface area contributed by atoms with Crippen molar-refractivity contribution in [1.82, 2.24) is 4.98 Å². The molecule has 1 aromatic carbocycles. The lowest BCUT2D eigenvalue weighted by Gasteiger charge is -2.08. The van der Waals surface area contributed by atoms with Gasteiger partial charge in [-0.25, -0.2) is 13.6 Å². The number of H-pyrrole nitrogens is 1. The van der Waals surface area contributed by atoms with E-state index in [0.717, 1.165) is 13.2 Å². The highest BCUT2D eigenvalue weighted by Gasteiger charge is 2.18. The van der Waals surface area contributed by atoms with Crippen molar-refractivity contribution in [3.63, 3.8) is 0 Å². The molecule has 0 aliphatic rings. The molecule has 0 bridgehead atoms. The largest absolute Gasteiger partial charge is 0.465 e. The standard InChI is InChI=1S/C13H9BrF2N2O3/c1-21-13(20)7-3-10(9(16)4-8(7)15)18-12(19)11-2-6(14)5-17-11/h2-5,17H,1H3,(H,18,19). The van der Waals surface area contributed by atoms with E-state index >= 15 is 0 Å². The van der Waals surface area contributed by atoms with E-state index in [1.165, 1.54) is 12.3 Å². The molecular weight excluding hydrogens is 350 g/mol. The Morgan fingerprint density at radius 3 is 2.52 bits per heavy atom. The highest BCUT2D eigenvalue weighted by Crippen LogP contribution is 2.21. The summed E-state index contributed by atoms with van der Waals surface area (Å²) in [5, 5.41) is 2.25. The minimum atomic E-state index is -1.07. The molecule has 0 atom stereocenters. The van der Waals surface area contributed by atoms with Crippen LogP contribution < -0.4 is 5.32 Å². The summed E-state index contributed by atoms with van der Waals surface area (Å²) in [6.07, 6.45) is 1.52. The van der Waals surface area contributed by atoms with E-state index in [2.05, 4.69) is 31.0 Å². The summed E-state index contributed by atoms with van der Waals surface area (Å²) in [5.74, 6) is -3.67. The number of aromatic nitrogens is 1. The molecule has 5 nitrogen and oxygen atoms in total. The molecule has 0 unspecified atom stereocenters. The lowest BCUT2D eigenvalue weighted by Crippen LogP contribution is -2.15. The van der Waals surface area contributed by atoms with Gasteiger partial charge in [0, 0.05) is 16.7 Å². The summed E-state index contributed by atoms with van der Waals surface area (Å²) in [6.45, 7) is 0. The molecule has 21 heavy (non-hydrogen) atoms. The van der Waals surface area contributed by atoms with Crippen molar-refractivity contribution in [1.29, 1.82) is 0 Å². The number of esters is 1. The van der Waals surface area contributed by atoms with Crippen LogP contribution in [-0.4, -0.2) is 24.0 Å². The van der Waals surface area contributed by atoms with Gasteiger partial charge in [0.15, 0.2) is 0 Å². The van der Waals surface area contributed by atoms with Crippen LogP contribution in [0.5, 0.6) is 0 Å². The first-order valence-corrected chi connectivity index (χ1v) is 6.44. The van der Waals surface area contributed by atoms with Crippen LogP contribution in [-0.2, 0) is 4.74 Å². The Bertz CT molecular complexity index is 715. The summed E-state index contributed by atoms with van der Waals surface area (Å²) >= 11 is 3.15. The van der Waals surface area contributed by atoms with E-state index in [1.807, 2.05) is 0 Å². The van der Waals surface area contributed by atoms with Gasteiger partial charge in [-0.05, 0) is 28.1 Å². The van der Waals surface area contributed by atoms with Crippen molar-refractivity contribution in [3.05, 3.63) is 51.8 Å². The van der Waals surface area contributed by atoms with Crippen LogP contribution in [0.15, 0.2) is 28.9 Å². The van der Waals surface area contributed by atoms with Gasteiger partial charge in [-0.3, -0.25) is 4.79 Å². The van der Waals surface area contributed by atoms with Crippen LogP contribution in [0.2, 0.25) is 0 Å². The van der Waals surface area contributed by atoms with Crippen LogP contribution in [0.1, 0.15) is 20.8 Å². The summed E-state index contributed by atoms with van der Waals surface area (Å²) in [6, 6.07) is 2.87. The molecule has 0 aliphatic heterocycles. The van der Waals surface area contributed by atoms with E-state index in [-0.39, 0.29) is 11.4 Å². The Kier molecular flexibility index (Phi) is 4.37. The van der Waals surface area contributed by atoms with Crippen molar-refractivity contribution in [2.75, 3.05) is 12.4 Å². The van der Waals surface area contributed by atoms with Crippen molar-refractivity contribution < 1.29 is 23.1 Å². The van der Waals surface area contributed by atoms with E-state index < -0.39 is 29.1 Å². The first-order chi connectivity index (χ1) is 9.92. The van der Waals surface area contributed by atoms with Gasteiger partial charge in [-0.2, -0.15) is 0 Å². The number of carbonyl (C=O) groups excluding carboxylic acids is 2. The molecule has 0 spiro atoms. The van der Waals surface area contributed by atoms with Crippen molar-refractivity contribution in [2.24, 2.45) is 0 Å². The van der Waals surface area contributed by atoms with Gasteiger partial charge in [0.2, 0.25) is 0 Å². The zero-order valence-electron chi connectivity index (χ0n) is 10.7. The summed E-state index contributed by atoms with van der Waals surface area (Å²) in [5.41, 5.74) is -0.625. The van der Waals surface area contributed by atoms with Crippen LogP contribution in [0.25, 0.3) is 0 Å². The lowest BCUT2D eigenvalue weighted by atomic mass is 10.1. The smallest absolute Gasteiger partial charge is 0.340 e. The van der Waals surface area contributed by atoms with Gasteiger partial charge in [0.1, 0.15) is 17.3 Å². The SMILES string of the molecule is COC(=O)c1cc(NC(=O)c2cc(Br)c[nH]2)c(F)cc1F. The number of halogens is 3. The number of amides is 1. The fraction of sp³-hybridized carbons (Fsp3) is 0.0769. The zero-order chi connectivity index (χ0) is 15.6. The predicted molar refractivity (Wildman–Crippen MR) is 74.1 cm³/mol. The first kappa shape index (κ1) is 15.2. The number of nitrogens with one attached hydrogen (secondary N) is 2. The van der Waals surface area contributed by atoms with Gasteiger partial charge in [0.05, 0.1) is 18.4 Å². The lowest BCUT2D eigenvalue weighted by molar-refractivity contribution is 0.0595. The number of methoxy groups -OCH3 is 1. The molecule has 8 heteroatoms. The number of hydrogen-bond donors (Lipinski definition) is 2. The maximum Gasteiger partial charge on any atom is 0.340 e. The second-order valence-electron chi connectivity index (χ2n) is 3.99. The molecule has 0 saturated carbocycles. The number of rotatable bonds is 3. The molecule has 2 N–H and O–H groups in total. The molecule has 110 valence electrons. The zero-order valence-corrected chi connectivity index (χ0v) is 12.3. The van der Waals surface area contributed by atoms with E-state index in [9.17, 15) is 18.4 Å². The number of benzene rings is 1. The maximum atomic E-state index is 13.7. The summed E-state index contributed by atoms with van der Waals surface area (Å²) in [7, 11) is 1.07. The van der Waals surface area contributed by atoms with Crippen LogP contribution in [0.4, 0.5) is 14.5 Å². The monoisotopic (exact) mass is 358 g/mol.